The lowest BCUT2D eigenvalue weighted by atomic mass is 9.92. The number of hydrogen-bond acceptors (Lipinski definition) is 3. The van der Waals surface area contributed by atoms with Crippen LogP contribution in [0.25, 0.3) is 0 Å². The molecule has 0 spiro atoms. The summed E-state index contributed by atoms with van der Waals surface area (Å²) in [4.78, 5) is 0. The van der Waals surface area contributed by atoms with Gasteiger partial charge in [-0.15, -0.1) is 0 Å². The van der Waals surface area contributed by atoms with Gasteiger partial charge in [0.05, 0.1) is 0 Å². The number of hydrogen-bond donors (Lipinski definition) is 1. The van der Waals surface area contributed by atoms with Crippen molar-refractivity contribution in [1.29, 1.82) is 0 Å². The molecule has 1 aliphatic rings. The van der Waals surface area contributed by atoms with E-state index in [1.807, 2.05) is 11.8 Å². The third kappa shape index (κ3) is 4.75. The average Bonchev–Trinajstić information content (AvgIpc) is 2.29. The second-order valence-electron chi connectivity index (χ2n) is 4.47. The van der Waals surface area contributed by atoms with Gasteiger partial charge >= 0.3 is 0 Å². The Kier molecular flexibility index (Phi) is 6.69. The Hall–Kier alpha value is 0.270. The van der Waals surface area contributed by atoms with Crippen molar-refractivity contribution >= 4 is 11.8 Å². The van der Waals surface area contributed by atoms with E-state index in [4.69, 9.17) is 4.74 Å². The van der Waals surface area contributed by atoms with Crippen molar-refractivity contribution in [2.24, 2.45) is 5.92 Å². The summed E-state index contributed by atoms with van der Waals surface area (Å²) in [6.45, 7) is 6.51. The topological polar surface area (TPSA) is 21.3 Å². The van der Waals surface area contributed by atoms with Crippen LogP contribution in [0.1, 0.15) is 33.1 Å². The molecule has 1 N–H and O–H groups in total. The first-order valence-electron chi connectivity index (χ1n) is 6.10. The Labute approximate surface area is 98.5 Å². The maximum Gasteiger partial charge on any atom is 0.0469 e. The zero-order valence-electron chi connectivity index (χ0n) is 10.3. The smallest absolute Gasteiger partial charge is 0.0469 e. The zero-order valence-corrected chi connectivity index (χ0v) is 11.1. The molecule has 90 valence electrons. The minimum Gasteiger partial charge on any atom is -0.381 e. The summed E-state index contributed by atoms with van der Waals surface area (Å²) in [7, 11) is 0. The van der Waals surface area contributed by atoms with Crippen molar-refractivity contribution in [2.75, 3.05) is 25.2 Å². The van der Waals surface area contributed by atoms with Crippen molar-refractivity contribution < 1.29 is 4.74 Å². The van der Waals surface area contributed by atoms with Crippen LogP contribution in [0.5, 0.6) is 0 Å². The lowest BCUT2D eigenvalue weighted by Gasteiger charge is -2.31. The van der Waals surface area contributed by atoms with Crippen molar-refractivity contribution in [3.05, 3.63) is 0 Å². The highest BCUT2D eigenvalue weighted by Crippen LogP contribution is 2.19. The monoisotopic (exact) mass is 231 g/mol. The van der Waals surface area contributed by atoms with E-state index in [1.165, 1.54) is 25.0 Å². The standard InChI is InChI=1S/C12H25NOS/c1-4-12(9-15-3)13-10(2)11-5-7-14-8-6-11/h10-13H,4-9H2,1-3H3. The molecule has 1 fully saturated rings. The predicted octanol–water partition coefficient (Wildman–Crippen LogP) is 2.53. The normalized spacial score (nSPS) is 22.6. The van der Waals surface area contributed by atoms with Crippen LogP contribution < -0.4 is 5.32 Å². The highest BCUT2D eigenvalue weighted by molar-refractivity contribution is 7.98. The molecule has 0 bridgehead atoms. The average molecular weight is 231 g/mol. The summed E-state index contributed by atoms with van der Waals surface area (Å²) in [5.74, 6) is 2.04. The van der Waals surface area contributed by atoms with E-state index in [9.17, 15) is 0 Å². The molecule has 15 heavy (non-hydrogen) atoms. The molecule has 1 saturated heterocycles. The van der Waals surface area contributed by atoms with E-state index in [1.54, 1.807) is 0 Å². The highest BCUT2D eigenvalue weighted by Gasteiger charge is 2.21. The molecule has 2 unspecified atom stereocenters. The van der Waals surface area contributed by atoms with Gasteiger partial charge in [-0.3, -0.25) is 0 Å². The fraction of sp³-hybridized carbons (Fsp3) is 1.00. The maximum atomic E-state index is 5.40. The van der Waals surface area contributed by atoms with Crippen LogP contribution in [-0.2, 0) is 4.74 Å². The van der Waals surface area contributed by atoms with E-state index in [0.29, 0.717) is 12.1 Å². The van der Waals surface area contributed by atoms with E-state index >= 15 is 0 Å². The number of nitrogens with one attached hydrogen (secondary N) is 1. The Balaban J connectivity index is 2.28. The molecule has 0 radical (unpaired) electrons. The molecule has 2 atom stereocenters. The molecule has 3 heteroatoms. The van der Waals surface area contributed by atoms with Gasteiger partial charge in [0.25, 0.3) is 0 Å². The minimum atomic E-state index is 0.644. The molecule has 0 aromatic heterocycles. The van der Waals surface area contributed by atoms with Gasteiger partial charge in [-0.2, -0.15) is 11.8 Å². The molecule has 2 nitrogen and oxygen atoms in total. The fourth-order valence-electron chi connectivity index (χ4n) is 2.21. The van der Waals surface area contributed by atoms with Crippen LogP contribution in [0, 0.1) is 5.92 Å². The van der Waals surface area contributed by atoms with E-state index < -0.39 is 0 Å². The van der Waals surface area contributed by atoms with E-state index in [-0.39, 0.29) is 0 Å². The van der Waals surface area contributed by atoms with Gasteiger partial charge in [0.15, 0.2) is 0 Å². The van der Waals surface area contributed by atoms with Gasteiger partial charge in [-0.25, -0.2) is 0 Å². The molecule has 1 rings (SSSR count). The van der Waals surface area contributed by atoms with Crippen LogP contribution >= 0.6 is 11.8 Å². The first-order chi connectivity index (χ1) is 7.27. The zero-order chi connectivity index (χ0) is 11.1. The molecule has 0 aliphatic carbocycles. The fourth-order valence-corrected chi connectivity index (χ4v) is 2.94. The molecule has 0 aromatic rings. The third-order valence-corrected chi connectivity index (χ3v) is 4.07. The SMILES string of the molecule is CCC(CSC)NC(C)C1CCOCC1. The summed E-state index contributed by atoms with van der Waals surface area (Å²) >= 11 is 1.94. The van der Waals surface area contributed by atoms with E-state index in [2.05, 4.69) is 25.4 Å². The summed E-state index contributed by atoms with van der Waals surface area (Å²) in [5.41, 5.74) is 0. The summed E-state index contributed by atoms with van der Waals surface area (Å²) in [6.07, 6.45) is 5.87. The van der Waals surface area contributed by atoms with Gasteiger partial charge in [0.2, 0.25) is 0 Å². The number of ether oxygens (including phenoxy) is 1. The van der Waals surface area contributed by atoms with Crippen LogP contribution in [0.15, 0.2) is 0 Å². The Bertz CT molecular complexity index is 160. The summed E-state index contributed by atoms with van der Waals surface area (Å²) in [5, 5.41) is 3.76. The molecule has 1 aliphatic heterocycles. The Morgan fingerprint density at radius 3 is 2.60 bits per heavy atom. The third-order valence-electron chi connectivity index (χ3n) is 3.33. The lowest BCUT2D eigenvalue weighted by Crippen LogP contribution is -2.43. The molecular weight excluding hydrogens is 206 g/mol. The van der Waals surface area contributed by atoms with Crippen molar-refractivity contribution in [3.8, 4) is 0 Å². The maximum absolute atomic E-state index is 5.40. The van der Waals surface area contributed by atoms with Gasteiger partial charge in [-0.05, 0) is 38.4 Å². The molecular formula is C12H25NOS. The second kappa shape index (κ2) is 7.53. The van der Waals surface area contributed by atoms with Gasteiger partial charge in [0, 0.05) is 31.1 Å². The quantitative estimate of drug-likeness (QED) is 0.759. The van der Waals surface area contributed by atoms with Gasteiger partial charge in [0.1, 0.15) is 0 Å². The second-order valence-corrected chi connectivity index (χ2v) is 5.38. The lowest BCUT2D eigenvalue weighted by molar-refractivity contribution is 0.0547. The minimum absolute atomic E-state index is 0.644. The molecule has 1 heterocycles. The summed E-state index contributed by atoms with van der Waals surface area (Å²) in [6, 6.07) is 1.32. The van der Waals surface area contributed by atoms with Crippen molar-refractivity contribution in [1.82, 2.24) is 5.32 Å². The predicted molar refractivity (Wildman–Crippen MR) is 68.6 cm³/mol. The first-order valence-corrected chi connectivity index (χ1v) is 7.50. The first kappa shape index (κ1) is 13.3. The molecule has 0 aromatic carbocycles. The van der Waals surface area contributed by atoms with Gasteiger partial charge < -0.3 is 10.1 Å². The Morgan fingerprint density at radius 1 is 1.40 bits per heavy atom. The van der Waals surface area contributed by atoms with Crippen LogP contribution in [0.3, 0.4) is 0 Å². The largest absolute Gasteiger partial charge is 0.381 e. The van der Waals surface area contributed by atoms with Crippen molar-refractivity contribution in [3.63, 3.8) is 0 Å². The summed E-state index contributed by atoms with van der Waals surface area (Å²) < 4.78 is 5.40. The van der Waals surface area contributed by atoms with Crippen LogP contribution in [-0.4, -0.2) is 37.3 Å². The molecule has 0 amide bonds. The molecule has 0 saturated carbocycles. The number of thioether (sulfide) groups is 1. The van der Waals surface area contributed by atoms with E-state index in [0.717, 1.165) is 19.1 Å². The van der Waals surface area contributed by atoms with Crippen LogP contribution in [0.4, 0.5) is 0 Å². The van der Waals surface area contributed by atoms with Crippen LogP contribution in [0.2, 0.25) is 0 Å². The van der Waals surface area contributed by atoms with Gasteiger partial charge in [-0.1, -0.05) is 6.92 Å². The highest BCUT2D eigenvalue weighted by atomic mass is 32.2. The number of rotatable bonds is 6. The van der Waals surface area contributed by atoms with Crippen molar-refractivity contribution in [2.45, 2.75) is 45.2 Å². The Morgan fingerprint density at radius 2 is 2.07 bits per heavy atom.